The van der Waals surface area contributed by atoms with Gasteiger partial charge < -0.3 is 15.3 Å². The molecule has 0 unspecified atom stereocenters. The lowest BCUT2D eigenvalue weighted by atomic mass is 9.57. The summed E-state index contributed by atoms with van der Waals surface area (Å²) in [7, 11) is 0. The number of hydrogen-bond acceptors (Lipinski definition) is 4. The highest BCUT2D eigenvalue weighted by Gasteiger charge is 2.55. The molecule has 4 fully saturated rings. The average molecular weight is 527 g/mol. The fraction of sp³-hybridized carbons (Fsp3) is 0.794. The number of ketones is 1. The van der Waals surface area contributed by atoms with Crippen molar-refractivity contribution in [2.75, 3.05) is 0 Å². The molecule has 4 aliphatic rings. The molecular weight excluding hydrogens is 472 g/mol. The van der Waals surface area contributed by atoms with Crippen LogP contribution >= 0.6 is 0 Å². The van der Waals surface area contributed by atoms with Crippen molar-refractivity contribution in [2.45, 2.75) is 142 Å². The molecule has 0 aromatic rings. The van der Waals surface area contributed by atoms with Crippen LogP contribution in [0.15, 0.2) is 35.5 Å². The first-order valence-electron chi connectivity index (χ1n) is 15.7. The van der Waals surface area contributed by atoms with Crippen molar-refractivity contribution >= 4 is 5.78 Å². The molecule has 3 N–H and O–H groups in total. The Bertz CT molecular complexity index is 911. The Balaban J connectivity index is 1.42. The molecule has 4 heteroatoms. The monoisotopic (exact) mass is 526 g/mol. The lowest BCUT2D eigenvalue weighted by molar-refractivity contribution is -0.127. The molecule has 0 aliphatic heterocycles. The molecule has 214 valence electrons. The van der Waals surface area contributed by atoms with E-state index in [2.05, 4.69) is 45.9 Å². The van der Waals surface area contributed by atoms with Gasteiger partial charge in [-0.3, -0.25) is 4.79 Å². The number of carbonyl (C=O) groups is 1. The Kier molecular flexibility index (Phi) is 9.48. The number of rotatable bonds is 11. The van der Waals surface area contributed by atoms with Crippen LogP contribution in [0.2, 0.25) is 0 Å². The van der Waals surface area contributed by atoms with E-state index in [0.29, 0.717) is 37.5 Å². The number of fused-ring (bicyclic) bond motifs is 1. The standard InChI is InChI=1S/C34H54O4/c1-5-6-7-8-11-30(37)34(19-20-34)31(38)16-18-32(2,3)29-15-14-28-25(10-9-17-33(28,29)4)13-12-24-21-26(35)23-27(36)22-24/h12-13,16,18,26-29,31,35-36,38H,5-11,14-15,17,19-23H2,1-4H3/b18-16+,25-13+/t26-,27-,28+,29-,31+,33+/m1/s1. The second-order valence-electron chi connectivity index (χ2n) is 14.1. The van der Waals surface area contributed by atoms with Crippen molar-refractivity contribution in [2.24, 2.45) is 28.1 Å². The highest BCUT2D eigenvalue weighted by Crippen LogP contribution is 2.62. The molecule has 4 saturated carbocycles. The maximum absolute atomic E-state index is 13.0. The van der Waals surface area contributed by atoms with Crippen molar-refractivity contribution in [3.8, 4) is 0 Å². The van der Waals surface area contributed by atoms with Gasteiger partial charge in [-0.25, -0.2) is 0 Å². The molecule has 38 heavy (non-hydrogen) atoms. The van der Waals surface area contributed by atoms with Crippen molar-refractivity contribution < 1.29 is 20.1 Å². The third kappa shape index (κ3) is 6.39. The van der Waals surface area contributed by atoms with Crippen molar-refractivity contribution in [3.05, 3.63) is 35.5 Å². The summed E-state index contributed by atoms with van der Waals surface area (Å²) in [5, 5.41) is 31.3. The van der Waals surface area contributed by atoms with Crippen molar-refractivity contribution in [1.29, 1.82) is 0 Å². The van der Waals surface area contributed by atoms with Gasteiger partial charge in [-0.15, -0.1) is 0 Å². The van der Waals surface area contributed by atoms with Gasteiger partial charge in [0.25, 0.3) is 0 Å². The zero-order valence-electron chi connectivity index (χ0n) is 24.6. The van der Waals surface area contributed by atoms with E-state index in [1.807, 2.05) is 6.08 Å². The maximum Gasteiger partial charge on any atom is 0.141 e. The van der Waals surface area contributed by atoms with Gasteiger partial charge in [0.15, 0.2) is 0 Å². The Labute approximate surface area is 231 Å². The van der Waals surface area contributed by atoms with Crippen LogP contribution in [0.25, 0.3) is 0 Å². The molecule has 6 atom stereocenters. The minimum absolute atomic E-state index is 0.0523. The molecule has 0 radical (unpaired) electrons. The molecule has 0 amide bonds. The van der Waals surface area contributed by atoms with E-state index in [-0.39, 0.29) is 16.6 Å². The predicted molar refractivity (Wildman–Crippen MR) is 155 cm³/mol. The maximum atomic E-state index is 13.0. The topological polar surface area (TPSA) is 77.8 Å². The summed E-state index contributed by atoms with van der Waals surface area (Å²) in [6, 6.07) is 0. The van der Waals surface area contributed by atoms with Crippen LogP contribution in [0.5, 0.6) is 0 Å². The van der Waals surface area contributed by atoms with E-state index in [1.165, 1.54) is 44.1 Å². The number of aliphatic hydroxyl groups is 3. The van der Waals surface area contributed by atoms with Crippen LogP contribution in [0, 0.1) is 28.1 Å². The van der Waals surface area contributed by atoms with Gasteiger partial charge in [0.05, 0.1) is 23.7 Å². The third-order valence-electron chi connectivity index (χ3n) is 10.8. The van der Waals surface area contributed by atoms with Crippen LogP contribution < -0.4 is 0 Å². The van der Waals surface area contributed by atoms with Crippen molar-refractivity contribution in [3.63, 3.8) is 0 Å². The third-order valence-corrected chi connectivity index (χ3v) is 10.8. The van der Waals surface area contributed by atoms with Crippen LogP contribution in [0.3, 0.4) is 0 Å². The van der Waals surface area contributed by atoms with Gasteiger partial charge in [-0.2, -0.15) is 0 Å². The van der Waals surface area contributed by atoms with Gasteiger partial charge in [0.1, 0.15) is 5.78 Å². The lowest BCUT2D eigenvalue weighted by Crippen LogP contribution is -2.39. The number of allylic oxidation sites excluding steroid dienone is 4. The Morgan fingerprint density at radius 3 is 2.42 bits per heavy atom. The van der Waals surface area contributed by atoms with E-state index < -0.39 is 23.7 Å². The molecule has 0 heterocycles. The summed E-state index contributed by atoms with van der Waals surface area (Å²) in [4.78, 5) is 13.0. The Morgan fingerprint density at radius 1 is 1.05 bits per heavy atom. The number of hydrogen-bond donors (Lipinski definition) is 3. The summed E-state index contributed by atoms with van der Waals surface area (Å²) in [5.41, 5.74) is 2.35. The first-order chi connectivity index (χ1) is 18.0. The molecule has 0 spiro atoms. The molecular formula is C34H54O4. The van der Waals surface area contributed by atoms with Crippen LogP contribution in [0.1, 0.15) is 124 Å². The number of Topliss-reactive ketones (excluding diaryl/α,β-unsaturated/α-hetero) is 1. The zero-order valence-corrected chi connectivity index (χ0v) is 24.6. The van der Waals surface area contributed by atoms with Gasteiger partial charge >= 0.3 is 0 Å². The van der Waals surface area contributed by atoms with Gasteiger partial charge in [0.2, 0.25) is 0 Å². The van der Waals surface area contributed by atoms with Gasteiger partial charge in [-0.05, 0) is 93.3 Å². The summed E-state index contributed by atoms with van der Waals surface area (Å²) in [6.07, 6.45) is 21.7. The molecule has 0 aromatic carbocycles. The normalized spacial score (nSPS) is 34.9. The summed E-state index contributed by atoms with van der Waals surface area (Å²) >= 11 is 0. The van der Waals surface area contributed by atoms with Crippen LogP contribution in [-0.4, -0.2) is 39.4 Å². The molecule has 0 bridgehead atoms. The number of aliphatic hydroxyl groups excluding tert-OH is 3. The highest BCUT2D eigenvalue weighted by molar-refractivity contribution is 5.88. The van der Waals surface area contributed by atoms with E-state index >= 15 is 0 Å². The van der Waals surface area contributed by atoms with E-state index in [0.717, 1.165) is 37.7 Å². The Morgan fingerprint density at radius 2 is 1.76 bits per heavy atom. The average Bonchev–Trinajstić information content (AvgIpc) is 3.59. The second-order valence-corrected chi connectivity index (χ2v) is 14.1. The minimum atomic E-state index is -0.667. The lowest BCUT2D eigenvalue weighted by Gasteiger charge is -2.47. The highest BCUT2D eigenvalue weighted by atomic mass is 16.3. The number of carbonyl (C=O) groups excluding carboxylic acids is 1. The second kappa shape index (κ2) is 12.1. The smallest absolute Gasteiger partial charge is 0.141 e. The molecule has 4 nitrogen and oxygen atoms in total. The first-order valence-corrected chi connectivity index (χ1v) is 15.7. The fourth-order valence-corrected chi connectivity index (χ4v) is 8.47. The minimum Gasteiger partial charge on any atom is -0.393 e. The predicted octanol–water partition coefficient (Wildman–Crippen LogP) is 7.22. The summed E-state index contributed by atoms with van der Waals surface area (Å²) in [6.45, 7) is 9.32. The van der Waals surface area contributed by atoms with Crippen molar-refractivity contribution in [1.82, 2.24) is 0 Å². The van der Waals surface area contributed by atoms with Gasteiger partial charge in [-0.1, -0.05) is 82.4 Å². The molecule has 0 aromatic heterocycles. The SMILES string of the molecule is CCCCCCC(=O)C1([C@@H](O)/C=C/C(C)(C)[C@H]2CC[C@H]3/C(=C/C=C4C[C@@H](O)C[C@H](O)C4)CCC[C@]23C)CC1. The summed E-state index contributed by atoms with van der Waals surface area (Å²) < 4.78 is 0. The summed E-state index contributed by atoms with van der Waals surface area (Å²) in [5.74, 6) is 1.36. The largest absolute Gasteiger partial charge is 0.393 e. The molecule has 4 aliphatic carbocycles. The molecule has 0 saturated heterocycles. The van der Waals surface area contributed by atoms with E-state index in [9.17, 15) is 20.1 Å². The molecule has 4 rings (SSSR count). The van der Waals surface area contributed by atoms with Crippen LogP contribution in [-0.2, 0) is 4.79 Å². The van der Waals surface area contributed by atoms with Crippen LogP contribution in [0.4, 0.5) is 0 Å². The zero-order chi connectivity index (χ0) is 27.6. The van der Waals surface area contributed by atoms with Gasteiger partial charge in [0, 0.05) is 6.42 Å². The fourth-order valence-electron chi connectivity index (χ4n) is 8.47. The first kappa shape index (κ1) is 29.7. The Hall–Kier alpha value is -1.23. The quantitative estimate of drug-likeness (QED) is 0.196. The van der Waals surface area contributed by atoms with E-state index in [4.69, 9.17) is 0 Å². The van der Waals surface area contributed by atoms with E-state index in [1.54, 1.807) is 0 Å². The number of unbranched alkanes of at least 4 members (excludes halogenated alkanes) is 3.